The van der Waals surface area contributed by atoms with Crippen LogP contribution in [-0.4, -0.2) is 44.0 Å². The van der Waals surface area contributed by atoms with E-state index in [1.54, 1.807) is 24.8 Å². The first-order valence-corrected chi connectivity index (χ1v) is 11.8. The molecule has 2 aliphatic rings. The van der Waals surface area contributed by atoms with Crippen molar-refractivity contribution >= 4 is 35.0 Å². The van der Waals surface area contributed by atoms with E-state index >= 15 is 0 Å². The third kappa shape index (κ3) is 3.67. The Morgan fingerprint density at radius 3 is 2.65 bits per heavy atom. The van der Waals surface area contributed by atoms with Crippen LogP contribution in [0.15, 0.2) is 53.7 Å². The number of amides is 2. The fourth-order valence-corrected chi connectivity index (χ4v) is 4.95. The highest BCUT2D eigenvalue weighted by Crippen LogP contribution is 2.39. The van der Waals surface area contributed by atoms with Crippen LogP contribution in [0, 0.1) is 0 Å². The molecule has 2 amide bonds. The molecule has 0 spiro atoms. The molecule has 2 aliphatic heterocycles. The number of nitrogens with zero attached hydrogens (tertiary/aromatic N) is 4. The van der Waals surface area contributed by atoms with Crippen molar-refractivity contribution in [1.82, 2.24) is 14.8 Å². The van der Waals surface area contributed by atoms with Gasteiger partial charge in [0.25, 0.3) is 0 Å². The molecular weight excluding hydrogens is 454 g/mol. The van der Waals surface area contributed by atoms with E-state index in [1.807, 2.05) is 61.0 Å². The lowest BCUT2D eigenvalue weighted by molar-refractivity contribution is -0.126. The normalized spacial score (nSPS) is 19.2. The van der Waals surface area contributed by atoms with E-state index in [9.17, 15) is 9.59 Å². The summed E-state index contributed by atoms with van der Waals surface area (Å²) in [5.74, 6) is 1.55. The molecular formula is C24H25N5O4S. The summed E-state index contributed by atoms with van der Waals surface area (Å²) in [4.78, 5) is 27.9. The number of fused-ring (bicyclic) bond motifs is 2. The number of anilines is 2. The number of hydrogen-bond acceptors (Lipinski definition) is 7. The van der Waals surface area contributed by atoms with Crippen LogP contribution in [0.25, 0.3) is 0 Å². The Kier molecular flexibility index (Phi) is 5.47. The van der Waals surface area contributed by atoms with Crippen LogP contribution in [0.5, 0.6) is 11.5 Å². The van der Waals surface area contributed by atoms with Crippen molar-refractivity contribution < 1.29 is 19.1 Å². The van der Waals surface area contributed by atoms with E-state index in [2.05, 4.69) is 15.5 Å². The Hall–Kier alpha value is -3.53. The zero-order valence-corrected chi connectivity index (χ0v) is 20.1. The predicted octanol–water partition coefficient (Wildman–Crippen LogP) is 3.57. The molecule has 0 saturated carbocycles. The summed E-state index contributed by atoms with van der Waals surface area (Å²) < 4.78 is 13.7. The molecule has 2 aromatic carbocycles. The molecule has 10 heteroatoms. The summed E-state index contributed by atoms with van der Waals surface area (Å²) in [6, 6.07) is 14.8. The largest absolute Gasteiger partial charge is 0.485 e. The second kappa shape index (κ2) is 8.35. The highest BCUT2D eigenvalue weighted by Gasteiger charge is 2.45. The lowest BCUT2D eigenvalue weighted by atomic mass is 9.96. The van der Waals surface area contributed by atoms with E-state index in [4.69, 9.17) is 9.47 Å². The minimum Gasteiger partial charge on any atom is -0.485 e. The average molecular weight is 480 g/mol. The van der Waals surface area contributed by atoms with Gasteiger partial charge in [0.1, 0.15) is 12.1 Å². The van der Waals surface area contributed by atoms with Gasteiger partial charge >= 0.3 is 0 Å². The molecule has 176 valence electrons. The zero-order valence-electron chi connectivity index (χ0n) is 19.3. The molecule has 2 atom stereocenters. The van der Waals surface area contributed by atoms with Crippen molar-refractivity contribution in [2.75, 3.05) is 16.8 Å². The molecule has 0 bridgehead atoms. The van der Waals surface area contributed by atoms with Crippen molar-refractivity contribution in [2.24, 2.45) is 7.05 Å². The highest BCUT2D eigenvalue weighted by atomic mass is 32.2. The third-order valence-corrected chi connectivity index (χ3v) is 7.14. The van der Waals surface area contributed by atoms with Crippen LogP contribution in [0.3, 0.4) is 0 Å². The van der Waals surface area contributed by atoms with Crippen molar-refractivity contribution in [1.29, 1.82) is 0 Å². The van der Waals surface area contributed by atoms with E-state index < -0.39 is 16.9 Å². The van der Waals surface area contributed by atoms with Gasteiger partial charge in [-0.2, -0.15) is 0 Å². The number of para-hydroxylation sites is 4. The maximum Gasteiger partial charge on any atom is 0.250 e. The summed E-state index contributed by atoms with van der Waals surface area (Å²) in [7, 11) is 1.84. The molecule has 0 aliphatic carbocycles. The number of rotatable bonds is 4. The number of hydrogen-bond donors (Lipinski definition) is 1. The monoisotopic (exact) mass is 479 g/mol. The smallest absolute Gasteiger partial charge is 0.250 e. The molecule has 2 unspecified atom stereocenters. The molecule has 1 N–H and O–H groups in total. The van der Waals surface area contributed by atoms with Crippen LogP contribution < -0.4 is 19.7 Å². The number of carbonyl (C=O) groups excluding carboxylic acids is 2. The molecule has 3 aromatic rings. The maximum atomic E-state index is 13.6. The second-order valence-corrected chi connectivity index (χ2v) is 10.0. The Bertz CT molecular complexity index is 1270. The van der Waals surface area contributed by atoms with E-state index in [-0.39, 0.29) is 11.8 Å². The van der Waals surface area contributed by atoms with Crippen molar-refractivity contribution in [3.05, 3.63) is 54.4 Å². The fourth-order valence-electron chi connectivity index (χ4n) is 4.09. The fraction of sp³-hybridized carbons (Fsp3) is 0.333. The van der Waals surface area contributed by atoms with Gasteiger partial charge in [0.15, 0.2) is 28.6 Å². The molecule has 9 nitrogen and oxygen atoms in total. The topological polar surface area (TPSA) is 98.6 Å². The minimum atomic E-state index is -1.04. The summed E-state index contributed by atoms with van der Waals surface area (Å²) in [5, 5.41) is 11.6. The molecule has 0 saturated heterocycles. The Morgan fingerprint density at radius 1 is 1.15 bits per heavy atom. The number of ether oxygens (including phenoxy) is 2. The summed E-state index contributed by atoms with van der Waals surface area (Å²) in [6.45, 7) is 5.61. The average Bonchev–Trinajstić information content (AvgIpc) is 3.19. The lowest BCUT2D eigenvalue weighted by Gasteiger charge is -2.43. The lowest BCUT2D eigenvalue weighted by Crippen LogP contribution is -2.60. The number of benzene rings is 2. The van der Waals surface area contributed by atoms with Gasteiger partial charge in [-0.3, -0.25) is 14.5 Å². The number of aromatic nitrogens is 3. The summed E-state index contributed by atoms with van der Waals surface area (Å²) in [5.41, 5.74) is 0.258. The first-order valence-electron chi connectivity index (χ1n) is 11.0. The standard InChI is InChI=1S/C24H25N5O4S/c1-14(21(30)29-16-10-6-5-9-15(16)25-22(31)24(29,2)3)34-23-27-26-20(28(23)4)19-13-32-17-11-7-8-12-18(17)33-19/h5-12,14,19H,13H2,1-4H3,(H,25,31). The Balaban J connectivity index is 1.36. The van der Waals surface area contributed by atoms with Gasteiger partial charge in [-0.15, -0.1) is 10.2 Å². The first-order chi connectivity index (χ1) is 16.3. The maximum absolute atomic E-state index is 13.6. The van der Waals surface area contributed by atoms with E-state index in [0.29, 0.717) is 40.5 Å². The zero-order chi connectivity index (χ0) is 24.0. The highest BCUT2D eigenvalue weighted by molar-refractivity contribution is 8.00. The van der Waals surface area contributed by atoms with Gasteiger partial charge in [0.2, 0.25) is 11.8 Å². The summed E-state index contributed by atoms with van der Waals surface area (Å²) in [6.07, 6.45) is -0.413. The van der Waals surface area contributed by atoms with Gasteiger partial charge in [-0.05, 0) is 45.0 Å². The van der Waals surface area contributed by atoms with Crippen LogP contribution in [0.2, 0.25) is 0 Å². The van der Waals surface area contributed by atoms with Gasteiger partial charge in [0, 0.05) is 7.05 Å². The van der Waals surface area contributed by atoms with Gasteiger partial charge in [-0.25, -0.2) is 0 Å². The SMILES string of the molecule is CC(Sc1nnc(C2COc3ccccc3O2)n1C)C(=O)N1c2ccccc2NC(=O)C1(C)C. The van der Waals surface area contributed by atoms with Crippen LogP contribution in [0.4, 0.5) is 11.4 Å². The molecule has 3 heterocycles. The second-order valence-electron chi connectivity index (χ2n) is 8.73. The Labute approximate surface area is 201 Å². The van der Waals surface area contributed by atoms with Crippen molar-refractivity contribution in [3.8, 4) is 11.5 Å². The van der Waals surface area contributed by atoms with Gasteiger partial charge in [-0.1, -0.05) is 36.0 Å². The Morgan fingerprint density at radius 2 is 1.85 bits per heavy atom. The summed E-state index contributed by atoms with van der Waals surface area (Å²) >= 11 is 1.29. The van der Waals surface area contributed by atoms with Crippen LogP contribution in [0.1, 0.15) is 32.7 Å². The molecule has 34 heavy (non-hydrogen) atoms. The van der Waals surface area contributed by atoms with Crippen molar-refractivity contribution in [3.63, 3.8) is 0 Å². The quantitative estimate of drug-likeness (QED) is 0.571. The van der Waals surface area contributed by atoms with Crippen LogP contribution in [-0.2, 0) is 16.6 Å². The molecule has 1 aromatic heterocycles. The van der Waals surface area contributed by atoms with Gasteiger partial charge < -0.3 is 19.4 Å². The number of thioether (sulfide) groups is 1. The van der Waals surface area contributed by atoms with E-state index in [1.165, 1.54) is 11.8 Å². The first kappa shape index (κ1) is 22.3. The molecule has 0 radical (unpaired) electrons. The predicted molar refractivity (Wildman–Crippen MR) is 128 cm³/mol. The van der Waals surface area contributed by atoms with Gasteiger partial charge in [0.05, 0.1) is 16.6 Å². The number of nitrogens with one attached hydrogen (secondary N) is 1. The molecule has 5 rings (SSSR count). The number of carbonyl (C=O) groups is 2. The van der Waals surface area contributed by atoms with Crippen LogP contribution >= 0.6 is 11.8 Å². The van der Waals surface area contributed by atoms with E-state index in [0.717, 1.165) is 0 Å². The third-order valence-electron chi connectivity index (χ3n) is 6.02. The molecule has 0 fully saturated rings. The minimum absolute atomic E-state index is 0.187. The van der Waals surface area contributed by atoms with Crippen molar-refractivity contribution in [2.45, 2.75) is 42.8 Å².